The van der Waals surface area contributed by atoms with Gasteiger partial charge in [-0.15, -0.1) is 0 Å². The quantitative estimate of drug-likeness (QED) is 0.288. The van der Waals surface area contributed by atoms with E-state index in [0.29, 0.717) is 11.1 Å². The fourth-order valence-corrected chi connectivity index (χ4v) is 3.62. The number of fused-ring (bicyclic) bond motifs is 5. The van der Waals surface area contributed by atoms with E-state index < -0.39 is 47.4 Å². The Hall–Kier alpha value is -3.79. The number of carbonyl (C=O) groups excluding carboxylic acids is 3. The molecule has 10 nitrogen and oxygen atoms in total. The molecule has 2 aromatic carbocycles. The Kier molecular flexibility index (Phi) is 6.54. The van der Waals surface area contributed by atoms with Crippen molar-refractivity contribution in [2.24, 2.45) is 0 Å². The van der Waals surface area contributed by atoms with Gasteiger partial charge >= 0.3 is 5.97 Å². The molecular weight excluding hydrogens is 418 g/mol. The molecule has 2 amide bonds. The van der Waals surface area contributed by atoms with E-state index in [4.69, 9.17) is 4.74 Å². The van der Waals surface area contributed by atoms with Crippen molar-refractivity contribution in [3.8, 4) is 28.4 Å². The smallest absolute Gasteiger partial charge is 0.328 e. The van der Waals surface area contributed by atoms with Crippen LogP contribution in [0.15, 0.2) is 30.3 Å². The van der Waals surface area contributed by atoms with Crippen molar-refractivity contribution in [3.63, 3.8) is 0 Å². The number of amides is 2. The van der Waals surface area contributed by atoms with E-state index in [-0.39, 0.29) is 23.3 Å². The molecular formula is C22H25N3O7. The first-order valence-corrected chi connectivity index (χ1v) is 9.90. The lowest BCUT2D eigenvalue weighted by Gasteiger charge is -2.24. The third-order valence-corrected chi connectivity index (χ3v) is 5.34. The van der Waals surface area contributed by atoms with Crippen molar-refractivity contribution in [1.82, 2.24) is 16.0 Å². The van der Waals surface area contributed by atoms with Crippen molar-refractivity contribution >= 4 is 17.8 Å². The SMILES string of the molecule is CN[C@@H]1C(=O)N[C@@H](C)C(=O)N[C@H](C(=O)OC)Cc2ccc(O)c(c2)-c2cc1cc(O)c2O. The number of phenols is 3. The topological polar surface area (TPSA) is 157 Å². The molecule has 1 heterocycles. The molecule has 1 aliphatic heterocycles. The minimum atomic E-state index is -1.05. The summed E-state index contributed by atoms with van der Waals surface area (Å²) in [5.41, 5.74) is 1.12. The predicted molar refractivity (Wildman–Crippen MR) is 114 cm³/mol. The molecule has 0 fully saturated rings. The van der Waals surface area contributed by atoms with Crippen LogP contribution in [0.3, 0.4) is 0 Å². The maximum Gasteiger partial charge on any atom is 0.328 e. The average molecular weight is 443 g/mol. The van der Waals surface area contributed by atoms with Gasteiger partial charge in [-0.2, -0.15) is 0 Å². The number of ether oxygens (including phenoxy) is 1. The van der Waals surface area contributed by atoms with E-state index in [0.717, 1.165) is 0 Å². The number of nitrogens with one attached hydrogen (secondary N) is 3. The highest BCUT2D eigenvalue weighted by Gasteiger charge is 2.29. The third kappa shape index (κ3) is 4.45. The number of aromatic hydroxyl groups is 3. The van der Waals surface area contributed by atoms with Crippen LogP contribution in [0.1, 0.15) is 24.1 Å². The first-order chi connectivity index (χ1) is 15.2. The fraction of sp³-hybridized carbons (Fsp3) is 0.318. The lowest BCUT2D eigenvalue weighted by Crippen LogP contribution is -2.52. The first kappa shape index (κ1) is 22.9. The molecule has 3 rings (SSSR count). The van der Waals surface area contributed by atoms with Crippen LogP contribution >= 0.6 is 0 Å². The molecule has 170 valence electrons. The zero-order chi connectivity index (χ0) is 23.6. The molecule has 0 saturated heterocycles. The molecule has 0 spiro atoms. The van der Waals surface area contributed by atoms with Gasteiger partial charge in [0.1, 0.15) is 23.9 Å². The van der Waals surface area contributed by atoms with Gasteiger partial charge in [0.05, 0.1) is 7.11 Å². The summed E-state index contributed by atoms with van der Waals surface area (Å²) < 4.78 is 4.79. The second-order valence-corrected chi connectivity index (χ2v) is 7.53. The van der Waals surface area contributed by atoms with Crippen molar-refractivity contribution in [1.29, 1.82) is 0 Å². The Balaban J connectivity index is 2.23. The van der Waals surface area contributed by atoms with E-state index in [1.807, 2.05) is 0 Å². The highest BCUT2D eigenvalue weighted by Crippen LogP contribution is 2.42. The Labute approximate surface area is 184 Å². The van der Waals surface area contributed by atoms with Crippen LogP contribution in [0.2, 0.25) is 0 Å². The van der Waals surface area contributed by atoms with Gasteiger partial charge in [-0.3, -0.25) is 9.59 Å². The van der Waals surface area contributed by atoms with Gasteiger partial charge in [0.25, 0.3) is 0 Å². The Morgan fingerprint density at radius 3 is 2.41 bits per heavy atom. The zero-order valence-electron chi connectivity index (χ0n) is 17.8. The molecule has 0 aliphatic carbocycles. The van der Waals surface area contributed by atoms with Crippen LogP contribution in [-0.4, -0.2) is 59.3 Å². The van der Waals surface area contributed by atoms with Crippen molar-refractivity contribution in [3.05, 3.63) is 41.5 Å². The summed E-state index contributed by atoms with van der Waals surface area (Å²) in [5, 5.41) is 39.1. The lowest BCUT2D eigenvalue weighted by atomic mass is 9.94. The summed E-state index contributed by atoms with van der Waals surface area (Å²) in [6.07, 6.45) is 0.0257. The Morgan fingerprint density at radius 2 is 1.75 bits per heavy atom. The van der Waals surface area contributed by atoms with Crippen molar-refractivity contribution < 1.29 is 34.4 Å². The summed E-state index contributed by atoms with van der Waals surface area (Å²) >= 11 is 0. The maximum atomic E-state index is 12.8. The molecule has 0 radical (unpaired) electrons. The van der Waals surface area contributed by atoms with Gasteiger partial charge in [-0.25, -0.2) is 4.79 Å². The number of rotatable bonds is 2. The van der Waals surface area contributed by atoms with Crippen molar-refractivity contribution in [2.75, 3.05) is 14.2 Å². The molecule has 6 N–H and O–H groups in total. The number of methoxy groups -OCH3 is 1. The van der Waals surface area contributed by atoms with Gasteiger partial charge in [0, 0.05) is 17.5 Å². The highest BCUT2D eigenvalue weighted by atomic mass is 16.5. The number of carbonyl (C=O) groups is 3. The Morgan fingerprint density at radius 1 is 1.03 bits per heavy atom. The third-order valence-electron chi connectivity index (χ3n) is 5.34. The van der Waals surface area contributed by atoms with Crippen LogP contribution in [0.5, 0.6) is 17.2 Å². The molecule has 10 heteroatoms. The standard InChI is InChI=1S/C22H25N3O7/c1-10-20(29)25-15(22(31)32-3)7-11-4-5-16(26)13(6-11)14-8-12(9-17(27)19(14)28)18(23-2)21(30)24-10/h4-6,8-10,15,18,23,26-28H,7H2,1-3H3,(H,24,30)(H,25,29)/t10-,15-,18-/m0/s1. The van der Waals surface area contributed by atoms with E-state index in [1.165, 1.54) is 45.3 Å². The normalized spacial score (nSPS) is 21.2. The summed E-state index contributed by atoms with van der Waals surface area (Å²) in [5.74, 6) is -3.00. The number of hydrogen-bond donors (Lipinski definition) is 6. The minimum absolute atomic E-state index is 0.0257. The van der Waals surface area contributed by atoms with Gasteiger partial charge in [0.15, 0.2) is 11.5 Å². The van der Waals surface area contributed by atoms with Gasteiger partial charge < -0.3 is 36.0 Å². The van der Waals surface area contributed by atoms with E-state index >= 15 is 0 Å². The van der Waals surface area contributed by atoms with Crippen LogP contribution in [0.25, 0.3) is 11.1 Å². The van der Waals surface area contributed by atoms with Crippen LogP contribution in [0, 0.1) is 0 Å². The van der Waals surface area contributed by atoms with Gasteiger partial charge in [-0.1, -0.05) is 6.07 Å². The number of phenolic OH excluding ortho intramolecular Hbond substituents is 3. The molecule has 4 bridgehead atoms. The fourth-order valence-electron chi connectivity index (χ4n) is 3.62. The molecule has 32 heavy (non-hydrogen) atoms. The number of likely N-dealkylation sites (N-methyl/N-ethyl adjacent to an activating group) is 1. The average Bonchev–Trinajstić information content (AvgIpc) is 2.76. The molecule has 0 saturated carbocycles. The number of benzene rings is 2. The summed E-state index contributed by atoms with van der Waals surface area (Å²) in [6, 6.07) is 4.14. The summed E-state index contributed by atoms with van der Waals surface area (Å²) in [4.78, 5) is 37.8. The number of hydrogen-bond acceptors (Lipinski definition) is 8. The minimum Gasteiger partial charge on any atom is -0.507 e. The molecule has 1 aliphatic rings. The second kappa shape index (κ2) is 9.15. The molecule has 3 atom stereocenters. The molecule has 0 unspecified atom stereocenters. The van der Waals surface area contributed by atoms with E-state index in [9.17, 15) is 29.7 Å². The maximum absolute atomic E-state index is 12.8. The Bertz CT molecular complexity index is 1070. The molecule has 0 aromatic heterocycles. The van der Waals surface area contributed by atoms with E-state index in [1.54, 1.807) is 6.07 Å². The summed E-state index contributed by atoms with van der Waals surface area (Å²) in [7, 11) is 2.71. The van der Waals surface area contributed by atoms with Crippen LogP contribution < -0.4 is 16.0 Å². The van der Waals surface area contributed by atoms with Crippen LogP contribution in [-0.2, 0) is 25.5 Å². The predicted octanol–water partition coefficient (Wildman–Crippen LogP) is 0.450. The lowest BCUT2D eigenvalue weighted by molar-refractivity contribution is -0.145. The largest absolute Gasteiger partial charge is 0.507 e. The molecule has 2 aromatic rings. The second-order valence-electron chi connectivity index (χ2n) is 7.53. The monoisotopic (exact) mass is 443 g/mol. The van der Waals surface area contributed by atoms with Crippen molar-refractivity contribution in [2.45, 2.75) is 31.5 Å². The van der Waals surface area contributed by atoms with Crippen LogP contribution in [0.4, 0.5) is 0 Å². The highest BCUT2D eigenvalue weighted by molar-refractivity contribution is 5.93. The zero-order valence-corrected chi connectivity index (χ0v) is 17.8. The van der Waals surface area contributed by atoms with Gasteiger partial charge in [-0.05, 0) is 49.4 Å². The van der Waals surface area contributed by atoms with E-state index in [2.05, 4.69) is 16.0 Å². The van der Waals surface area contributed by atoms with Gasteiger partial charge in [0.2, 0.25) is 11.8 Å². The first-order valence-electron chi connectivity index (χ1n) is 9.90. The summed E-state index contributed by atoms with van der Waals surface area (Å²) in [6.45, 7) is 1.47. The number of esters is 1.